The first-order valence-electron chi connectivity index (χ1n) is 7.14. The summed E-state index contributed by atoms with van der Waals surface area (Å²) in [5.41, 5.74) is 1.26. The minimum absolute atomic E-state index is 0.0956. The summed E-state index contributed by atoms with van der Waals surface area (Å²) in [6, 6.07) is 5.19. The lowest BCUT2D eigenvalue weighted by Crippen LogP contribution is -2.38. The summed E-state index contributed by atoms with van der Waals surface area (Å²) in [5.74, 6) is -0.360. The Morgan fingerprint density at radius 3 is 2.62 bits per heavy atom. The number of carbonyl (C=O) groups is 2. The molecule has 1 N–H and O–H groups in total. The SMILES string of the molecule is Cc1ccc2c(Cl)cc(Cl)c(OCC(=O)NCC(=O)N(C)C)c2n1. The smallest absolute Gasteiger partial charge is 0.258 e. The van der Waals surface area contributed by atoms with E-state index in [2.05, 4.69) is 10.3 Å². The molecule has 1 heterocycles. The number of rotatable bonds is 5. The van der Waals surface area contributed by atoms with Crippen LogP contribution in [0.25, 0.3) is 10.9 Å². The maximum atomic E-state index is 11.8. The van der Waals surface area contributed by atoms with Gasteiger partial charge in [0.05, 0.1) is 16.6 Å². The van der Waals surface area contributed by atoms with Crippen LogP contribution in [0.5, 0.6) is 5.75 Å². The van der Waals surface area contributed by atoms with E-state index in [1.165, 1.54) is 4.90 Å². The third-order valence-corrected chi connectivity index (χ3v) is 3.85. The van der Waals surface area contributed by atoms with Gasteiger partial charge in [-0.15, -0.1) is 0 Å². The first-order chi connectivity index (χ1) is 11.3. The number of amides is 2. The van der Waals surface area contributed by atoms with Gasteiger partial charge in [0.1, 0.15) is 5.52 Å². The molecule has 0 aliphatic carbocycles. The predicted molar refractivity (Wildman–Crippen MR) is 93.7 cm³/mol. The Hall–Kier alpha value is -2.05. The molecule has 0 spiro atoms. The molecule has 0 atom stereocenters. The molecule has 0 bridgehead atoms. The molecule has 1 aromatic heterocycles. The summed E-state index contributed by atoms with van der Waals surface area (Å²) in [4.78, 5) is 29.1. The molecule has 0 aliphatic heterocycles. The normalized spacial score (nSPS) is 10.5. The van der Waals surface area contributed by atoms with Crippen LogP contribution >= 0.6 is 23.2 Å². The molecule has 0 saturated carbocycles. The highest BCUT2D eigenvalue weighted by molar-refractivity contribution is 6.39. The van der Waals surface area contributed by atoms with Gasteiger partial charge in [0.2, 0.25) is 5.91 Å². The van der Waals surface area contributed by atoms with Gasteiger partial charge < -0.3 is 15.0 Å². The molecule has 2 aromatic rings. The van der Waals surface area contributed by atoms with Crippen LogP contribution in [0.2, 0.25) is 10.0 Å². The maximum Gasteiger partial charge on any atom is 0.258 e. The number of pyridine rings is 1. The highest BCUT2D eigenvalue weighted by atomic mass is 35.5. The molecule has 2 amide bonds. The molecule has 1 aromatic carbocycles. The molecule has 0 fully saturated rings. The number of halogens is 2. The maximum absolute atomic E-state index is 11.8. The number of aromatic nitrogens is 1. The van der Waals surface area contributed by atoms with Gasteiger partial charge in [0, 0.05) is 25.2 Å². The summed E-state index contributed by atoms with van der Waals surface area (Å²) in [6.45, 7) is 1.45. The van der Waals surface area contributed by atoms with Crippen LogP contribution in [-0.2, 0) is 9.59 Å². The molecule has 0 radical (unpaired) electrons. The van der Waals surface area contributed by atoms with Gasteiger partial charge in [-0.2, -0.15) is 0 Å². The van der Waals surface area contributed by atoms with Crippen LogP contribution in [0.1, 0.15) is 5.69 Å². The van der Waals surface area contributed by atoms with E-state index in [1.54, 1.807) is 20.2 Å². The molecular formula is C16H17Cl2N3O3. The summed E-state index contributed by atoms with van der Waals surface area (Å²) in [7, 11) is 3.22. The first kappa shape index (κ1) is 18.3. The second-order valence-electron chi connectivity index (χ2n) is 5.37. The average molecular weight is 370 g/mol. The van der Waals surface area contributed by atoms with Gasteiger partial charge in [-0.1, -0.05) is 23.2 Å². The van der Waals surface area contributed by atoms with Gasteiger partial charge in [-0.3, -0.25) is 9.59 Å². The lowest BCUT2D eigenvalue weighted by Gasteiger charge is -2.13. The van der Waals surface area contributed by atoms with E-state index in [4.69, 9.17) is 27.9 Å². The summed E-state index contributed by atoms with van der Waals surface area (Å²) < 4.78 is 5.52. The highest BCUT2D eigenvalue weighted by Gasteiger charge is 2.15. The van der Waals surface area contributed by atoms with Crippen molar-refractivity contribution >= 4 is 45.9 Å². The monoisotopic (exact) mass is 369 g/mol. The average Bonchev–Trinajstić information content (AvgIpc) is 2.51. The predicted octanol–water partition coefficient (Wildman–Crippen LogP) is 2.43. The van der Waals surface area contributed by atoms with Gasteiger partial charge in [0.15, 0.2) is 12.4 Å². The third-order valence-electron chi connectivity index (χ3n) is 3.26. The van der Waals surface area contributed by atoms with Crippen LogP contribution in [0.3, 0.4) is 0 Å². The van der Waals surface area contributed by atoms with E-state index in [1.807, 2.05) is 19.1 Å². The standard InChI is InChI=1S/C16H17Cl2N3O3/c1-9-4-5-10-11(17)6-12(18)16(15(10)20-9)24-8-13(22)19-7-14(23)21(2)3/h4-6H,7-8H2,1-3H3,(H,19,22). The number of likely N-dealkylation sites (N-methyl/N-ethyl adjacent to an activating group) is 1. The van der Waals surface area contributed by atoms with Gasteiger partial charge in [-0.25, -0.2) is 4.98 Å². The minimum Gasteiger partial charge on any atom is -0.480 e. The number of carbonyl (C=O) groups excluding carboxylic acids is 2. The van der Waals surface area contributed by atoms with Gasteiger partial charge in [-0.05, 0) is 25.1 Å². The van der Waals surface area contributed by atoms with E-state index in [0.29, 0.717) is 15.9 Å². The Morgan fingerprint density at radius 2 is 1.96 bits per heavy atom. The number of benzene rings is 1. The zero-order valence-electron chi connectivity index (χ0n) is 13.5. The van der Waals surface area contributed by atoms with E-state index < -0.39 is 5.91 Å². The van der Waals surface area contributed by atoms with Crippen molar-refractivity contribution in [2.75, 3.05) is 27.2 Å². The molecule has 128 valence electrons. The second kappa shape index (κ2) is 7.68. The lowest BCUT2D eigenvalue weighted by atomic mass is 10.2. The zero-order valence-corrected chi connectivity index (χ0v) is 15.0. The lowest BCUT2D eigenvalue weighted by molar-refractivity contribution is -0.131. The van der Waals surface area contributed by atoms with Crippen LogP contribution in [0, 0.1) is 6.92 Å². The first-order valence-corrected chi connectivity index (χ1v) is 7.90. The van der Waals surface area contributed by atoms with Crippen molar-refractivity contribution < 1.29 is 14.3 Å². The largest absolute Gasteiger partial charge is 0.480 e. The number of nitrogens with zero attached hydrogens (tertiary/aromatic N) is 2. The number of fused-ring (bicyclic) bond motifs is 1. The Morgan fingerprint density at radius 1 is 1.25 bits per heavy atom. The topological polar surface area (TPSA) is 71.5 Å². The number of ether oxygens (including phenoxy) is 1. The third kappa shape index (κ3) is 4.27. The van der Waals surface area contributed by atoms with Crippen molar-refractivity contribution in [3.63, 3.8) is 0 Å². The Labute approximate surface area is 149 Å². The quantitative estimate of drug-likeness (QED) is 0.878. The fraction of sp³-hybridized carbons (Fsp3) is 0.312. The van der Waals surface area contributed by atoms with Gasteiger partial charge in [0.25, 0.3) is 5.91 Å². The number of hydrogen-bond acceptors (Lipinski definition) is 4. The van der Waals surface area contributed by atoms with Crippen LogP contribution in [-0.4, -0.2) is 48.9 Å². The molecule has 6 nitrogen and oxygen atoms in total. The molecule has 0 saturated heterocycles. The fourth-order valence-electron chi connectivity index (χ4n) is 1.95. The van der Waals surface area contributed by atoms with Crippen LogP contribution < -0.4 is 10.1 Å². The number of nitrogens with one attached hydrogen (secondary N) is 1. The van der Waals surface area contributed by atoms with Crippen molar-refractivity contribution in [1.82, 2.24) is 15.2 Å². The fourth-order valence-corrected chi connectivity index (χ4v) is 2.52. The van der Waals surface area contributed by atoms with Crippen molar-refractivity contribution in [3.8, 4) is 5.75 Å². The van der Waals surface area contributed by atoms with E-state index in [9.17, 15) is 9.59 Å². The molecule has 24 heavy (non-hydrogen) atoms. The van der Waals surface area contributed by atoms with Crippen molar-refractivity contribution in [3.05, 3.63) is 33.9 Å². The van der Waals surface area contributed by atoms with E-state index in [0.717, 1.165) is 5.69 Å². The molecule has 0 aliphatic rings. The van der Waals surface area contributed by atoms with Crippen molar-refractivity contribution in [2.24, 2.45) is 0 Å². The minimum atomic E-state index is -0.433. The molecular weight excluding hydrogens is 353 g/mol. The molecule has 2 rings (SSSR count). The number of aryl methyl sites for hydroxylation is 1. The molecule has 8 heteroatoms. The number of hydrogen-bond donors (Lipinski definition) is 1. The van der Waals surface area contributed by atoms with E-state index in [-0.39, 0.29) is 29.8 Å². The Kier molecular flexibility index (Phi) is 5.85. The van der Waals surface area contributed by atoms with Crippen LogP contribution in [0.15, 0.2) is 18.2 Å². The summed E-state index contributed by atoms with van der Waals surface area (Å²) in [5, 5.41) is 3.89. The Bertz CT molecular complexity index is 794. The van der Waals surface area contributed by atoms with Crippen LogP contribution in [0.4, 0.5) is 0 Å². The van der Waals surface area contributed by atoms with E-state index >= 15 is 0 Å². The molecule has 0 unspecified atom stereocenters. The summed E-state index contributed by atoms with van der Waals surface area (Å²) >= 11 is 12.3. The second-order valence-corrected chi connectivity index (χ2v) is 6.19. The van der Waals surface area contributed by atoms with Crippen molar-refractivity contribution in [1.29, 1.82) is 0 Å². The highest BCUT2D eigenvalue weighted by Crippen LogP contribution is 2.37. The summed E-state index contributed by atoms with van der Waals surface area (Å²) in [6.07, 6.45) is 0. The zero-order chi connectivity index (χ0) is 17.9. The Balaban J connectivity index is 2.14. The van der Waals surface area contributed by atoms with Gasteiger partial charge >= 0.3 is 0 Å². The van der Waals surface area contributed by atoms with Crippen molar-refractivity contribution in [2.45, 2.75) is 6.92 Å².